The van der Waals surface area contributed by atoms with Gasteiger partial charge in [-0.2, -0.15) is 29.9 Å². The predicted molar refractivity (Wildman–Crippen MR) is 475 cm³/mol. The minimum atomic E-state index is -1.12. The summed E-state index contributed by atoms with van der Waals surface area (Å²) in [6, 6.07) is 40.1. The number of benzene rings is 5. The third-order valence-corrected chi connectivity index (χ3v) is 21.5. The first-order valence-corrected chi connectivity index (χ1v) is 43.1. The number of amides is 3. The van der Waals surface area contributed by atoms with Crippen LogP contribution in [-0.2, 0) is 74.4 Å². The van der Waals surface area contributed by atoms with Crippen LogP contribution in [0.25, 0.3) is 33.5 Å². The summed E-state index contributed by atoms with van der Waals surface area (Å²) < 4.78 is 33.3. The van der Waals surface area contributed by atoms with Gasteiger partial charge < -0.3 is 58.0 Å². The van der Waals surface area contributed by atoms with Gasteiger partial charge in [-0.25, -0.2) is 44.0 Å². The van der Waals surface area contributed by atoms with Gasteiger partial charge in [0.15, 0.2) is 39.3 Å². The first-order chi connectivity index (χ1) is 60.1. The summed E-state index contributed by atoms with van der Waals surface area (Å²) in [7, 11) is 0. The normalized spacial score (nSPS) is 14.1. The van der Waals surface area contributed by atoms with Crippen molar-refractivity contribution >= 4 is 99.0 Å². The van der Waals surface area contributed by atoms with Crippen LogP contribution in [0.1, 0.15) is 236 Å². The smallest absolute Gasteiger partial charge is 0.417 e. The van der Waals surface area contributed by atoms with Crippen LogP contribution in [0, 0.1) is 16.0 Å². The number of nitro benzene ring substituents is 1. The molecule has 6 heterocycles. The molecule has 3 saturated carbocycles. The maximum absolute atomic E-state index is 13.6. The number of anilines is 4. The van der Waals surface area contributed by atoms with Gasteiger partial charge in [-0.3, -0.25) is 24.5 Å². The molecule has 3 fully saturated rings. The lowest BCUT2D eigenvalue weighted by Crippen LogP contribution is -2.37. The van der Waals surface area contributed by atoms with Crippen molar-refractivity contribution in [2.24, 2.45) is 5.92 Å². The van der Waals surface area contributed by atoms with Crippen LogP contribution in [0.3, 0.4) is 0 Å². The predicted octanol–water partition coefficient (Wildman–Crippen LogP) is 19.4. The lowest BCUT2D eigenvalue weighted by molar-refractivity contribution is -0.384. The highest BCUT2D eigenvalue weighted by molar-refractivity contribution is 5.92. The van der Waals surface area contributed by atoms with Gasteiger partial charge in [-0.1, -0.05) is 175 Å². The summed E-state index contributed by atoms with van der Waals surface area (Å²) in [5, 5.41) is 42.8. The SMILES string of the molecule is CC(C)(C)OC(=O)N(Cc1ccc(C2CCCCC2)cc1)c1nc(NCc2ccccc2)c2ncn(CC(=O)O)c2n1.CC(C)(C)OC(=O)N(Cc1ccc(C2CCCCC2)cc1)c1nc(Oc2ccc([N+](=O)[O-])cc2)c2ncn(CC(=O)O)c2n1.CC(C)CCOc1nc(N(Cc2ccc(C3CCCCC3)cc2)C(=O)OC(C)(C)C)nc2c1ncn2CC(=O)O. The van der Waals surface area contributed by atoms with E-state index in [0.29, 0.717) is 59.3 Å². The molecule has 11 aromatic rings. The number of carbonyl (C=O) groups excluding carboxylic acids is 3. The molecule has 126 heavy (non-hydrogen) atoms. The molecule has 0 atom stereocenters. The summed E-state index contributed by atoms with van der Waals surface area (Å²) >= 11 is 0. The van der Waals surface area contributed by atoms with Gasteiger partial charge in [0.1, 0.15) is 42.2 Å². The summed E-state index contributed by atoms with van der Waals surface area (Å²) in [6.07, 6.45) is 21.5. The van der Waals surface area contributed by atoms with Gasteiger partial charge in [0.25, 0.3) is 11.6 Å². The molecule has 0 aliphatic heterocycles. The molecule has 0 radical (unpaired) electrons. The van der Waals surface area contributed by atoms with Crippen molar-refractivity contribution < 1.29 is 72.7 Å². The van der Waals surface area contributed by atoms with E-state index in [2.05, 4.69) is 95.4 Å². The minimum absolute atomic E-state index is 0.0600. The molecule has 14 rings (SSSR count). The van der Waals surface area contributed by atoms with Crippen LogP contribution >= 0.6 is 0 Å². The Bertz CT molecular complexity index is 5570. The second kappa shape index (κ2) is 41.5. The standard InChI is InChI=1S/C32H38N6O4.C31H34N6O7.C30H41N5O5/c1-32(2,3)42-31(41)38(19-23-14-16-25(17-15-23)24-12-8-5-9-13-24)30-35-28(33-18-22-10-6-4-7-11-22)27-29(36-30)37(21-34-27)20-26(39)40;1-31(2,3)44-30(40)36(17-20-9-11-22(12-10-20)21-7-5-4-6-8-21)29-33-27-26(32-19-35(27)18-25(38)39)28(34-29)43-24-15-13-23(14-16-24)37(41)42;1-20(2)15-16-39-27-25-26(34(19-31-25)18-24(36)37)32-28(33-27)35(29(38)40-30(3,4)5)17-21-11-13-23(14-12-21)22-9-7-6-8-10-22/h4,6-7,10-11,14-17,21,24H,5,8-9,12-13,18-20H2,1-3H3,(H,39,40)(H,33,35,36);9-16,19,21H,4-8,17-18H2,1-3H3,(H,38,39);11-14,19-20,22H,6-10,15-18H2,1-5H3,(H,36,37). The first kappa shape index (κ1) is 92.0. The number of ether oxygens (including phenoxy) is 5. The van der Waals surface area contributed by atoms with Crippen LogP contribution in [-0.4, -0.2) is 138 Å². The molecule has 5 aromatic carbocycles. The molecule has 0 unspecified atom stereocenters. The topological polar surface area (TPSA) is 405 Å². The Labute approximate surface area is 731 Å². The highest BCUT2D eigenvalue weighted by atomic mass is 16.6. The average molecular weight is 1730 g/mol. The van der Waals surface area contributed by atoms with Crippen molar-refractivity contribution in [2.45, 2.75) is 259 Å². The zero-order valence-electron chi connectivity index (χ0n) is 73.4. The van der Waals surface area contributed by atoms with E-state index in [-0.39, 0.29) is 90.6 Å². The molecule has 0 saturated heterocycles. The van der Waals surface area contributed by atoms with Gasteiger partial charge in [0.05, 0.1) is 50.1 Å². The number of imidazole rings is 3. The number of non-ortho nitro benzene ring substituents is 1. The van der Waals surface area contributed by atoms with Crippen molar-refractivity contribution in [1.29, 1.82) is 0 Å². The van der Waals surface area contributed by atoms with Crippen LogP contribution in [0.15, 0.2) is 146 Å². The molecule has 33 heteroatoms. The molecular formula is C93H113N17O16. The Kier molecular flexibility index (Phi) is 30.3. The van der Waals surface area contributed by atoms with Crippen LogP contribution in [0.2, 0.25) is 0 Å². The highest BCUT2D eigenvalue weighted by Crippen LogP contribution is 2.39. The largest absolute Gasteiger partial charge is 0.480 e. The molecule has 0 spiro atoms. The lowest BCUT2D eigenvalue weighted by Gasteiger charge is -2.27. The Hall–Kier alpha value is -13.2. The monoisotopic (exact) mass is 1720 g/mol. The van der Waals surface area contributed by atoms with Crippen molar-refractivity contribution in [3.63, 3.8) is 0 Å². The van der Waals surface area contributed by atoms with E-state index in [1.165, 1.54) is 185 Å². The maximum Gasteiger partial charge on any atom is 0.417 e. The second-order valence-corrected chi connectivity index (χ2v) is 35.5. The fraction of sp³-hybridized carbons (Fsp3) is 0.452. The molecule has 33 nitrogen and oxygen atoms in total. The molecule has 0 bridgehead atoms. The van der Waals surface area contributed by atoms with Gasteiger partial charge >= 0.3 is 36.2 Å². The van der Waals surface area contributed by atoms with E-state index in [4.69, 9.17) is 28.7 Å². The molecule has 3 aliphatic rings. The summed E-state index contributed by atoms with van der Waals surface area (Å²) in [5.41, 5.74) is 6.72. The Morgan fingerprint density at radius 2 is 0.802 bits per heavy atom. The van der Waals surface area contributed by atoms with E-state index in [1.807, 2.05) is 66.7 Å². The van der Waals surface area contributed by atoms with E-state index < -0.39 is 64.5 Å². The Morgan fingerprint density at radius 3 is 1.16 bits per heavy atom. The Morgan fingerprint density at radius 1 is 0.452 bits per heavy atom. The van der Waals surface area contributed by atoms with E-state index in [0.717, 1.165) is 28.7 Å². The summed E-state index contributed by atoms with van der Waals surface area (Å²) in [4.78, 5) is 131. The minimum Gasteiger partial charge on any atom is -0.480 e. The fourth-order valence-corrected chi connectivity index (χ4v) is 15.3. The van der Waals surface area contributed by atoms with Crippen molar-refractivity contribution in [3.05, 3.63) is 195 Å². The van der Waals surface area contributed by atoms with Crippen molar-refractivity contribution in [3.8, 4) is 17.5 Å². The number of nitro groups is 1. The number of carboxylic acid groups (broad SMARTS) is 3. The van der Waals surface area contributed by atoms with Gasteiger partial charge in [0, 0.05) is 18.7 Å². The van der Waals surface area contributed by atoms with Crippen molar-refractivity contribution in [2.75, 3.05) is 26.6 Å². The van der Waals surface area contributed by atoms with Crippen LogP contribution in [0.5, 0.6) is 17.5 Å². The third-order valence-electron chi connectivity index (χ3n) is 21.5. The summed E-state index contributed by atoms with van der Waals surface area (Å²) in [6.45, 7) is 20.4. The molecule has 4 N–H and O–H groups in total. The lowest BCUT2D eigenvalue weighted by atomic mass is 9.84. The molecule has 3 aliphatic carbocycles. The van der Waals surface area contributed by atoms with E-state index in [1.54, 1.807) is 62.3 Å². The quantitative estimate of drug-likeness (QED) is 0.0201. The van der Waals surface area contributed by atoms with Gasteiger partial charge in [-0.05, 0) is 182 Å². The molecule has 6 aromatic heterocycles. The number of carboxylic acids is 3. The third kappa shape index (κ3) is 25.7. The first-order valence-electron chi connectivity index (χ1n) is 43.1. The number of carbonyl (C=O) groups is 6. The molecule has 666 valence electrons. The average Bonchev–Trinajstić information content (AvgIpc) is 1.60. The Balaban J connectivity index is 0.000000172. The number of hydrogen-bond donors (Lipinski definition) is 4. The number of aliphatic carboxylic acids is 3. The number of hydrogen-bond acceptors (Lipinski definition) is 23. The number of rotatable bonds is 28. The maximum atomic E-state index is 13.6. The van der Waals surface area contributed by atoms with E-state index >= 15 is 0 Å². The second-order valence-electron chi connectivity index (χ2n) is 35.5. The molecule has 3 amide bonds. The zero-order valence-corrected chi connectivity index (χ0v) is 73.4. The summed E-state index contributed by atoms with van der Waals surface area (Å²) in [5.74, 6) is -0.286. The van der Waals surface area contributed by atoms with Crippen LogP contribution in [0.4, 0.5) is 43.7 Å². The van der Waals surface area contributed by atoms with E-state index in [9.17, 15) is 54.2 Å². The number of nitrogens with one attached hydrogen (secondary N) is 1. The van der Waals surface area contributed by atoms with Gasteiger partial charge in [0.2, 0.25) is 23.7 Å². The zero-order chi connectivity index (χ0) is 90.0. The van der Waals surface area contributed by atoms with Crippen molar-refractivity contribution in [1.82, 2.24) is 58.6 Å². The highest BCUT2D eigenvalue weighted by Gasteiger charge is 2.34. The molecular weight excluding hydrogens is 1610 g/mol. The number of nitrogens with zero attached hydrogens (tertiary/aromatic N) is 16. The van der Waals surface area contributed by atoms with Gasteiger partial charge in [-0.15, -0.1) is 0 Å². The van der Waals surface area contributed by atoms with Crippen LogP contribution < -0.4 is 29.5 Å². The number of fused-ring (bicyclic) bond motifs is 3. The number of aromatic nitrogens is 12. The fourth-order valence-electron chi connectivity index (χ4n) is 15.3.